The Morgan fingerprint density at radius 1 is 1.29 bits per heavy atom. The quantitative estimate of drug-likeness (QED) is 0.835. The van der Waals surface area contributed by atoms with Crippen molar-refractivity contribution in [3.05, 3.63) is 36.3 Å². The molecular formula is C16H20ClN3O. The minimum Gasteiger partial charge on any atom is -0.390 e. The van der Waals surface area contributed by atoms with Crippen molar-refractivity contribution < 1.29 is 5.11 Å². The number of aliphatic hydroxyl groups is 1. The summed E-state index contributed by atoms with van der Waals surface area (Å²) >= 11 is 5.57. The minimum atomic E-state index is -0.522. The van der Waals surface area contributed by atoms with Gasteiger partial charge in [-0.1, -0.05) is 12.1 Å². The number of hydrogen-bond donors (Lipinski definition) is 2. The molecule has 1 aliphatic heterocycles. The van der Waals surface area contributed by atoms with Crippen LogP contribution in [0, 0.1) is 0 Å². The molecule has 1 aliphatic rings. The van der Waals surface area contributed by atoms with Gasteiger partial charge in [0.2, 0.25) is 0 Å². The van der Waals surface area contributed by atoms with Gasteiger partial charge in [-0.2, -0.15) is 0 Å². The van der Waals surface area contributed by atoms with Crippen LogP contribution in [-0.2, 0) is 13.0 Å². The fourth-order valence-electron chi connectivity index (χ4n) is 2.60. The van der Waals surface area contributed by atoms with Crippen LogP contribution in [0.5, 0.6) is 0 Å². The molecule has 3 rings (SSSR count). The lowest BCUT2D eigenvalue weighted by Gasteiger charge is -2.11. The number of imidazole rings is 1. The van der Waals surface area contributed by atoms with Crippen molar-refractivity contribution in [2.75, 3.05) is 17.7 Å². The summed E-state index contributed by atoms with van der Waals surface area (Å²) in [6.07, 6.45) is 5.19. The molecule has 1 unspecified atom stereocenters. The van der Waals surface area contributed by atoms with Crippen LogP contribution in [0.3, 0.4) is 0 Å². The van der Waals surface area contributed by atoms with Crippen LogP contribution in [0.2, 0.25) is 0 Å². The molecular weight excluding hydrogens is 286 g/mol. The summed E-state index contributed by atoms with van der Waals surface area (Å²) in [5, 5.41) is 12.6. The van der Waals surface area contributed by atoms with E-state index in [0.29, 0.717) is 6.54 Å². The van der Waals surface area contributed by atoms with Gasteiger partial charge in [0.1, 0.15) is 5.82 Å². The number of aliphatic hydroxyl groups excluding tert-OH is 1. The van der Waals surface area contributed by atoms with Crippen molar-refractivity contribution in [1.82, 2.24) is 9.55 Å². The number of hydrogen-bond acceptors (Lipinski definition) is 3. The lowest BCUT2D eigenvalue weighted by atomic mass is 10.1. The second kappa shape index (κ2) is 6.50. The smallest absolute Gasteiger partial charge is 0.109 e. The maximum Gasteiger partial charge on any atom is 0.109 e. The standard InChI is InChI=1S/C16H20ClN3O/c17-9-14(21)10-18-13-6-4-12(5-7-13)15-11-20-8-2-1-3-16(20)19-15/h4-7,11,14,18,21H,1-3,8-10H2. The van der Waals surface area contributed by atoms with E-state index in [1.54, 1.807) is 0 Å². The fraction of sp³-hybridized carbons (Fsp3) is 0.438. The Hall–Kier alpha value is -1.52. The van der Waals surface area contributed by atoms with Gasteiger partial charge in [0.15, 0.2) is 0 Å². The Morgan fingerprint density at radius 2 is 2.10 bits per heavy atom. The zero-order valence-corrected chi connectivity index (χ0v) is 12.7. The summed E-state index contributed by atoms with van der Waals surface area (Å²) in [4.78, 5) is 4.72. The number of halogens is 1. The van der Waals surface area contributed by atoms with Crippen LogP contribution in [0.15, 0.2) is 30.5 Å². The first-order valence-electron chi connectivity index (χ1n) is 7.40. The molecule has 0 fully saturated rings. The number of benzene rings is 1. The monoisotopic (exact) mass is 305 g/mol. The van der Waals surface area contributed by atoms with Crippen LogP contribution in [0.25, 0.3) is 11.3 Å². The number of fused-ring (bicyclic) bond motifs is 1. The molecule has 0 saturated carbocycles. The molecule has 0 amide bonds. The SMILES string of the molecule is OC(CCl)CNc1ccc(-c2cn3c(n2)CCCC3)cc1. The van der Waals surface area contributed by atoms with Gasteiger partial charge in [0.05, 0.1) is 17.7 Å². The van der Waals surface area contributed by atoms with E-state index in [1.807, 2.05) is 12.1 Å². The molecule has 5 heteroatoms. The normalized spacial score (nSPS) is 15.5. The van der Waals surface area contributed by atoms with E-state index in [1.165, 1.54) is 18.7 Å². The number of nitrogens with zero attached hydrogens (tertiary/aromatic N) is 2. The van der Waals surface area contributed by atoms with Gasteiger partial charge >= 0.3 is 0 Å². The van der Waals surface area contributed by atoms with E-state index in [-0.39, 0.29) is 5.88 Å². The van der Waals surface area contributed by atoms with Gasteiger partial charge in [0.25, 0.3) is 0 Å². The molecule has 0 bridgehead atoms. The Balaban J connectivity index is 1.70. The van der Waals surface area contributed by atoms with Gasteiger partial charge in [-0.3, -0.25) is 0 Å². The Bertz CT molecular complexity index is 571. The second-order valence-electron chi connectivity index (χ2n) is 5.46. The molecule has 0 radical (unpaired) electrons. The third kappa shape index (κ3) is 3.39. The molecule has 2 aromatic rings. The molecule has 2 heterocycles. The molecule has 1 atom stereocenters. The van der Waals surface area contributed by atoms with Crippen molar-refractivity contribution in [3.63, 3.8) is 0 Å². The lowest BCUT2D eigenvalue weighted by Crippen LogP contribution is -2.20. The van der Waals surface area contributed by atoms with E-state index in [9.17, 15) is 5.11 Å². The zero-order chi connectivity index (χ0) is 14.7. The predicted octanol–water partition coefficient (Wildman–Crippen LogP) is 2.90. The third-order valence-electron chi connectivity index (χ3n) is 3.81. The summed E-state index contributed by atoms with van der Waals surface area (Å²) < 4.78 is 2.27. The largest absolute Gasteiger partial charge is 0.390 e. The molecule has 1 aromatic carbocycles. The van der Waals surface area contributed by atoms with Gasteiger partial charge < -0.3 is 15.0 Å². The number of aryl methyl sites for hydroxylation is 2. The Kier molecular flexibility index (Phi) is 4.46. The van der Waals surface area contributed by atoms with Gasteiger partial charge in [-0.05, 0) is 25.0 Å². The molecule has 0 aliphatic carbocycles. The number of rotatable bonds is 5. The summed E-state index contributed by atoms with van der Waals surface area (Å²) in [7, 11) is 0. The van der Waals surface area contributed by atoms with Crippen molar-refractivity contribution >= 4 is 17.3 Å². The first-order chi connectivity index (χ1) is 10.3. The van der Waals surface area contributed by atoms with Crippen molar-refractivity contribution in [3.8, 4) is 11.3 Å². The molecule has 2 N–H and O–H groups in total. The minimum absolute atomic E-state index is 0.241. The summed E-state index contributed by atoms with van der Waals surface area (Å²) in [5.74, 6) is 1.44. The second-order valence-corrected chi connectivity index (χ2v) is 5.77. The van der Waals surface area contributed by atoms with Crippen LogP contribution >= 0.6 is 11.6 Å². The maximum atomic E-state index is 9.44. The van der Waals surface area contributed by atoms with E-state index in [4.69, 9.17) is 16.6 Å². The average molecular weight is 306 g/mol. The van der Waals surface area contributed by atoms with Crippen LogP contribution in [0.4, 0.5) is 5.69 Å². The summed E-state index contributed by atoms with van der Waals surface area (Å²) in [6.45, 7) is 1.54. The van der Waals surface area contributed by atoms with Crippen LogP contribution in [0.1, 0.15) is 18.7 Å². The summed E-state index contributed by atoms with van der Waals surface area (Å²) in [6, 6.07) is 8.14. The highest BCUT2D eigenvalue weighted by Gasteiger charge is 2.13. The van der Waals surface area contributed by atoms with Gasteiger partial charge in [-0.15, -0.1) is 11.6 Å². The molecule has 0 spiro atoms. The van der Waals surface area contributed by atoms with E-state index < -0.39 is 6.10 Å². The van der Waals surface area contributed by atoms with Crippen LogP contribution < -0.4 is 5.32 Å². The maximum absolute atomic E-state index is 9.44. The summed E-state index contributed by atoms with van der Waals surface area (Å²) in [5.41, 5.74) is 3.14. The topological polar surface area (TPSA) is 50.1 Å². The van der Waals surface area contributed by atoms with E-state index >= 15 is 0 Å². The van der Waals surface area contributed by atoms with Crippen molar-refractivity contribution in [1.29, 1.82) is 0 Å². The molecule has 4 nitrogen and oxygen atoms in total. The van der Waals surface area contributed by atoms with Gasteiger partial charge in [-0.25, -0.2) is 4.98 Å². The van der Waals surface area contributed by atoms with Crippen molar-refractivity contribution in [2.24, 2.45) is 0 Å². The lowest BCUT2D eigenvalue weighted by molar-refractivity contribution is 0.211. The van der Waals surface area contributed by atoms with Gasteiger partial charge in [0, 0.05) is 37.0 Å². The number of nitrogens with one attached hydrogen (secondary N) is 1. The fourth-order valence-corrected chi connectivity index (χ4v) is 2.71. The van der Waals surface area contributed by atoms with E-state index in [0.717, 1.165) is 29.9 Å². The number of alkyl halides is 1. The molecule has 21 heavy (non-hydrogen) atoms. The Labute approximate surface area is 129 Å². The third-order valence-corrected chi connectivity index (χ3v) is 4.17. The first-order valence-corrected chi connectivity index (χ1v) is 7.94. The van der Waals surface area contributed by atoms with Crippen LogP contribution in [-0.4, -0.2) is 33.2 Å². The molecule has 112 valence electrons. The molecule has 0 saturated heterocycles. The highest BCUT2D eigenvalue weighted by molar-refractivity contribution is 6.18. The molecule has 1 aromatic heterocycles. The van der Waals surface area contributed by atoms with Crippen molar-refractivity contribution in [2.45, 2.75) is 31.9 Å². The highest BCUT2D eigenvalue weighted by Crippen LogP contribution is 2.23. The van der Waals surface area contributed by atoms with E-state index in [2.05, 4.69) is 28.2 Å². The number of anilines is 1. The average Bonchev–Trinajstić information content (AvgIpc) is 2.97. The highest BCUT2D eigenvalue weighted by atomic mass is 35.5. The predicted molar refractivity (Wildman–Crippen MR) is 85.8 cm³/mol. The number of aromatic nitrogens is 2. The Morgan fingerprint density at radius 3 is 2.81 bits per heavy atom. The first kappa shape index (κ1) is 14.4. The zero-order valence-electron chi connectivity index (χ0n) is 11.9.